The quantitative estimate of drug-likeness (QED) is 0.792. The minimum Gasteiger partial charge on any atom is -0.382 e. The Labute approximate surface area is 96.2 Å². The average Bonchev–Trinajstić information content (AvgIpc) is 2.30. The first-order valence-electron chi connectivity index (χ1n) is 5.67. The van der Waals surface area contributed by atoms with Crippen molar-refractivity contribution < 1.29 is 0 Å². The third-order valence-electron chi connectivity index (χ3n) is 3.19. The summed E-state index contributed by atoms with van der Waals surface area (Å²) in [5, 5.41) is 7.99. The third kappa shape index (κ3) is 2.41. The summed E-state index contributed by atoms with van der Waals surface area (Å²) < 4.78 is 0. The molecule has 1 aromatic rings. The van der Waals surface area contributed by atoms with Crippen LogP contribution in [0.4, 0.5) is 11.6 Å². The summed E-state index contributed by atoms with van der Waals surface area (Å²) in [7, 11) is 4.28. The minimum atomic E-state index is 0.479. The van der Waals surface area contributed by atoms with Crippen molar-refractivity contribution in [1.82, 2.24) is 15.1 Å². The minimum absolute atomic E-state index is 0.479. The molecule has 0 aromatic carbocycles. The van der Waals surface area contributed by atoms with Crippen LogP contribution in [-0.2, 0) is 0 Å². The van der Waals surface area contributed by atoms with Crippen molar-refractivity contribution in [2.45, 2.75) is 18.9 Å². The van der Waals surface area contributed by atoms with Gasteiger partial charge in [0.25, 0.3) is 0 Å². The van der Waals surface area contributed by atoms with E-state index in [4.69, 9.17) is 5.73 Å². The van der Waals surface area contributed by atoms with Crippen molar-refractivity contribution in [2.75, 3.05) is 37.8 Å². The lowest BCUT2D eigenvalue weighted by molar-refractivity contribution is 0.249. The van der Waals surface area contributed by atoms with Gasteiger partial charge in [-0.15, -0.1) is 10.2 Å². The normalized spacial score (nSPS) is 18.1. The van der Waals surface area contributed by atoms with Gasteiger partial charge in [0, 0.05) is 19.1 Å². The number of rotatable bonds is 2. The van der Waals surface area contributed by atoms with Crippen LogP contribution in [0.25, 0.3) is 0 Å². The summed E-state index contributed by atoms with van der Waals surface area (Å²) in [6.45, 7) is 2.09. The second-order valence-electron chi connectivity index (χ2n) is 4.50. The Morgan fingerprint density at radius 3 is 2.44 bits per heavy atom. The Morgan fingerprint density at radius 2 is 1.94 bits per heavy atom. The average molecular weight is 221 g/mol. The summed E-state index contributed by atoms with van der Waals surface area (Å²) >= 11 is 0. The Morgan fingerprint density at radius 1 is 1.25 bits per heavy atom. The van der Waals surface area contributed by atoms with Crippen LogP contribution in [0.3, 0.4) is 0 Å². The van der Waals surface area contributed by atoms with E-state index >= 15 is 0 Å². The highest BCUT2D eigenvalue weighted by Crippen LogP contribution is 2.19. The Hall–Kier alpha value is -1.36. The van der Waals surface area contributed by atoms with Crippen molar-refractivity contribution in [2.24, 2.45) is 0 Å². The zero-order valence-electron chi connectivity index (χ0n) is 9.93. The molecule has 5 heteroatoms. The second kappa shape index (κ2) is 4.65. The maximum Gasteiger partial charge on any atom is 0.151 e. The molecular formula is C11H19N5. The van der Waals surface area contributed by atoms with Gasteiger partial charge in [0.1, 0.15) is 5.82 Å². The van der Waals surface area contributed by atoms with Crippen molar-refractivity contribution in [3.63, 3.8) is 0 Å². The van der Waals surface area contributed by atoms with Crippen LogP contribution in [0.5, 0.6) is 0 Å². The monoisotopic (exact) mass is 221 g/mol. The predicted molar refractivity (Wildman–Crippen MR) is 65.4 cm³/mol. The van der Waals surface area contributed by atoms with Crippen LogP contribution in [0.1, 0.15) is 12.8 Å². The fourth-order valence-electron chi connectivity index (χ4n) is 2.12. The van der Waals surface area contributed by atoms with Gasteiger partial charge >= 0.3 is 0 Å². The first-order chi connectivity index (χ1) is 7.66. The number of aromatic nitrogens is 2. The zero-order valence-corrected chi connectivity index (χ0v) is 9.93. The first-order valence-corrected chi connectivity index (χ1v) is 5.67. The van der Waals surface area contributed by atoms with E-state index in [1.54, 1.807) is 6.07 Å². The number of anilines is 2. The largest absolute Gasteiger partial charge is 0.382 e. The molecule has 0 bridgehead atoms. The molecule has 1 fully saturated rings. The lowest BCUT2D eigenvalue weighted by Gasteiger charge is -2.35. The molecule has 0 unspecified atom stereocenters. The number of nitrogens with zero attached hydrogens (tertiary/aromatic N) is 4. The highest BCUT2D eigenvalue weighted by Gasteiger charge is 2.21. The maximum absolute atomic E-state index is 5.52. The van der Waals surface area contributed by atoms with E-state index in [1.807, 2.05) is 6.07 Å². The molecule has 1 saturated heterocycles. The summed E-state index contributed by atoms with van der Waals surface area (Å²) in [5.74, 6) is 1.42. The molecule has 1 aliphatic rings. The van der Waals surface area contributed by atoms with E-state index in [-0.39, 0.29) is 0 Å². The zero-order chi connectivity index (χ0) is 11.5. The molecule has 88 valence electrons. The van der Waals surface area contributed by atoms with Crippen LogP contribution in [0, 0.1) is 0 Å². The van der Waals surface area contributed by atoms with Gasteiger partial charge in [-0.05, 0) is 39.1 Å². The molecule has 0 spiro atoms. The maximum atomic E-state index is 5.52. The number of nitrogen functional groups attached to an aromatic ring is 1. The van der Waals surface area contributed by atoms with Gasteiger partial charge in [-0.25, -0.2) is 0 Å². The SMILES string of the molecule is CN(C)C1CCN(c2ccc(N)nn2)CC1. The molecule has 5 nitrogen and oxygen atoms in total. The third-order valence-corrected chi connectivity index (χ3v) is 3.19. The molecule has 0 amide bonds. The van der Waals surface area contributed by atoms with Gasteiger partial charge in [-0.2, -0.15) is 0 Å². The van der Waals surface area contributed by atoms with E-state index < -0.39 is 0 Å². The molecule has 0 saturated carbocycles. The van der Waals surface area contributed by atoms with Crippen molar-refractivity contribution in [1.29, 1.82) is 0 Å². The number of nitrogens with two attached hydrogens (primary N) is 1. The summed E-state index contributed by atoms with van der Waals surface area (Å²) in [6, 6.07) is 4.44. The molecule has 0 radical (unpaired) electrons. The Bertz CT molecular complexity index is 327. The molecule has 1 aromatic heterocycles. The van der Waals surface area contributed by atoms with Gasteiger partial charge in [0.15, 0.2) is 5.82 Å². The van der Waals surface area contributed by atoms with Crippen molar-refractivity contribution >= 4 is 11.6 Å². The van der Waals surface area contributed by atoms with E-state index in [2.05, 4.69) is 34.1 Å². The predicted octanol–water partition coefficient (Wildman–Crippen LogP) is 0.589. The van der Waals surface area contributed by atoms with Crippen LogP contribution < -0.4 is 10.6 Å². The summed E-state index contributed by atoms with van der Waals surface area (Å²) in [6.07, 6.45) is 2.36. The lowest BCUT2D eigenvalue weighted by atomic mass is 10.0. The van der Waals surface area contributed by atoms with E-state index in [1.165, 1.54) is 12.8 Å². The van der Waals surface area contributed by atoms with Crippen molar-refractivity contribution in [3.05, 3.63) is 12.1 Å². The molecule has 0 aliphatic carbocycles. The molecule has 2 heterocycles. The highest BCUT2D eigenvalue weighted by molar-refractivity contribution is 5.41. The second-order valence-corrected chi connectivity index (χ2v) is 4.50. The smallest absolute Gasteiger partial charge is 0.151 e. The standard InChI is InChI=1S/C11H19N5/c1-15(2)9-5-7-16(8-6-9)11-4-3-10(12)13-14-11/h3-4,9H,5-8H2,1-2H3,(H2,12,13). The first kappa shape index (κ1) is 11.1. The van der Waals surface area contributed by atoms with E-state index in [9.17, 15) is 0 Å². The van der Waals surface area contributed by atoms with Crippen molar-refractivity contribution in [3.8, 4) is 0 Å². The topological polar surface area (TPSA) is 58.3 Å². The van der Waals surface area contributed by atoms with Gasteiger partial charge in [-0.1, -0.05) is 0 Å². The fraction of sp³-hybridized carbons (Fsp3) is 0.636. The number of hydrogen-bond acceptors (Lipinski definition) is 5. The fourth-order valence-corrected chi connectivity index (χ4v) is 2.12. The Balaban J connectivity index is 1.96. The molecule has 0 atom stereocenters. The van der Waals surface area contributed by atoms with Gasteiger partial charge in [0.2, 0.25) is 0 Å². The van der Waals surface area contributed by atoms with Gasteiger partial charge in [0.05, 0.1) is 0 Å². The summed E-state index contributed by atoms with van der Waals surface area (Å²) in [4.78, 5) is 4.57. The molecule has 2 rings (SSSR count). The number of hydrogen-bond donors (Lipinski definition) is 1. The lowest BCUT2D eigenvalue weighted by Crippen LogP contribution is -2.42. The van der Waals surface area contributed by atoms with Crippen LogP contribution in [0.15, 0.2) is 12.1 Å². The molecular weight excluding hydrogens is 202 g/mol. The number of piperidine rings is 1. The van der Waals surface area contributed by atoms with E-state index in [0.29, 0.717) is 11.9 Å². The summed E-state index contributed by atoms with van der Waals surface area (Å²) in [5.41, 5.74) is 5.52. The molecule has 16 heavy (non-hydrogen) atoms. The highest BCUT2D eigenvalue weighted by atomic mass is 15.3. The van der Waals surface area contributed by atoms with Gasteiger partial charge < -0.3 is 15.5 Å². The van der Waals surface area contributed by atoms with Gasteiger partial charge in [-0.3, -0.25) is 0 Å². The molecule has 2 N–H and O–H groups in total. The van der Waals surface area contributed by atoms with Crippen LogP contribution >= 0.6 is 0 Å². The van der Waals surface area contributed by atoms with Crippen LogP contribution in [0.2, 0.25) is 0 Å². The van der Waals surface area contributed by atoms with Crippen LogP contribution in [-0.4, -0.2) is 48.3 Å². The van der Waals surface area contributed by atoms with E-state index in [0.717, 1.165) is 18.9 Å². The molecule has 1 aliphatic heterocycles. The Kier molecular flexibility index (Phi) is 3.24.